The van der Waals surface area contributed by atoms with Gasteiger partial charge in [-0.25, -0.2) is 5.84 Å². The second kappa shape index (κ2) is 7.26. The number of nitrogens with two attached hydrogens (primary N) is 1. The molecule has 0 heterocycles. The average Bonchev–Trinajstić information content (AvgIpc) is 2.26. The first-order valence-corrected chi connectivity index (χ1v) is 7.29. The van der Waals surface area contributed by atoms with E-state index in [9.17, 15) is 5.02 Å². The minimum atomic E-state index is -0.419. The fraction of sp³-hybridized carbons (Fsp3) is 0.900. The van der Waals surface area contributed by atoms with Gasteiger partial charge in [-0.1, -0.05) is 11.8 Å². The van der Waals surface area contributed by atoms with Crippen LogP contribution in [0.4, 0.5) is 0 Å². The second-order valence-electron chi connectivity index (χ2n) is 4.57. The smallest absolute Gasteiger partial charge is 0.373 e. The number of hydrazine groups is 1. The molecular weight excluding hydrogens is 235 g/mol. The largest absolute Gasteiger partial charge is 0.437 e. The SMILES string of the molecule is CSC(=NC1CCC(NB(C)O)CC1)N(C)N. The van der Waals surface area contributed by atoms with E-state index in [0.29, 0.717) is 12.1 Å². The maximum absolute atomic E-state index is 9.26. The van der Waals surface area contributed by atoms with Gasteiger partial charge in [0.2, 0.25) is 0 Å². The van der Waals surface area contributed by atoms with E-state index in [0.717, 1.165) is 30.9 Å². The van der Waals surface area contributed by atoms with Crippen LogP contribution in [0.5, 0.6) is 0 Å². The Balaban J connectivity index is 2.41. The highest BCUT2D eigenvalue weighted by atomic mass is 32.2. The van der Waals surface area contributed by atoms with Crippen molar-refractivity contribution in [2.75, 3.05) is 13.3 Å². The number of rotatable bonds is 3. The molecule has 0 spiro atoms. The molecule has 1 saturated carbocycles. The molecule has 4 N–H and O–H groups in total. The fourth-order valence-corrected chi connectivity index (χ4v) is 2.70. The summed E-state index contributed by atoms with van der Waals surface area (Å²) in [6.45, 7) is 1.76. The van der Waals surface area contributed by atoms with E-state index in [4.69, 9.17) is 5.84 Å². The first kappa shape index (κ1) is 14.8. The van der Waals surface area contributed by atoms with E-state index in [1.165, 1.54) is 0 Å². The summed E-state index contributed by atoms with van der Waals surface area (Å²) in [6.07, 6.45) is 6.23. The van der Waals surface area contributed by atoms with Crippen molar-refractivity contribution in [2.24, 2.45) is 10.8 Å². The Labute approximate surface area is 108 Å². The monoisotopic (exact) mass is 258 g/mol. The van der Waals surface area contributed by atoms with Gasteiger partial charge in [-0.15, -0.1) is 0 Å². The van der Waals surface area contributed by atoms with Crippen molar-refractivity contribution in [1.82, 2.24) is 10.2 Å². The number of nitrogens with one attached hydrogen (secondary N) is 1. The molecule has 1 fully saturated rings. The number of aliphatic imine (C=N–C) groups is 1. The van der Waals surface area contributed by atoms with Crippen LogP contribution in [0.15, 0.2) is 4.99 Å². The van der Waals surface area contributed by atoms with Gasteiger partial charge < -0.3 is 10.3 Å². The fourth-order valence-electron chi connectivity index (χ4n) is 2.16. The summed E-state index contributed by atoms with van der Waals surface area (Å²) in [5, 5.41) is 14.9. The Kier molecular flexibility index (Phi) is 6.33. The van der Waals surface area contributed by atoms with Gasteiger partial charge in [0.25, 0.3) is 0 Å². The van der Waals surface area contributed by atoms with Gasteiger partial charge in [0, 0.05) is 7.05 Å². The summed E-state index contributed by atoms with van der Waals surface area (Å²) >= 11 is 1.58. The van der Waals surface area contributed by atoms with Gasteiger partial charge in [-0.2, -0.15) is 0 Å². The van der Waals surface area contributed by atoms with E-state index < -0.39 is 7.05 Å². The highest BCUT2D eigenvalue weighted by molar-refractivity contribution is 8.13. The molecule has 98 valence electrons. The van der Waals surface area contributed by atoms with E-state index in [2.05, 4.69) is 10.2 Å². The lowest BCUT2D eigenvalue weighted by atomic mass is 9.82. The zero-order chi connectivity index (χ0) is 12.8. The molecule has 0 radical (unpaired) electrons. The molecule has 0 aromatic carbocycles. The lowest BCUT2D eigenvalue weighted by Gasteiger charge is -2.28. The van der Waals surface area contributed by atoms with Crippen LogP contribution >= 0.6 is 11.8 Å². The highest BCUT2D eigenvalue weighted by Gasteiger charge is 2.22. The summed E-state index contributed by atoms with van der Waals surface area (Å²) in [4.78, 5) is 4.66. The van der Waals surface area contributed by atoms with Crippen molar-refractivity contribution in [3.8, 4) is 0 Å². The lowest BCUT2D eigenvalue weighted by Crippen LogP contribution is -2.42. The summed E-state index contributed by atoms with van der Waals surface area (Å²) in [6, 6.07) is 0.797. The molecule has 1 aliphatic carbocycles. The Morgan fingerprint density at radius 1 is 1.47 bits per heavy atom. The summed E-state index contributed by atoms with van der Waals surface area (Å²) < 4.78 is 0. The third kappa shape index (κ3) is 5.29. The molecule has 0 aromatic heterocycles. The van der Waals surface area contributed by atoms with Gasteiger partial charge in [0.15, 0.2) is 5.17 Å². The molecule has 0 aliphatic heterocycles. The van der Waals surface area contributed by atoms with Crippen molar-refractivity contribution in [3.63, 3.8) is 0 Å². The van der Waals surface area contributed by atoms with Crippen molar-refractivity contribution in [1.29, 1.82) is 0 Å². The zero-order valence-corrected chi connectivity index (χ0v) is 11.7. The normalized spacial score (nSPS) is 25.8. The number of thioether (sulfide) groups is 1. The standard InChI is InChI=1S/C10H23BN4OS/c1-11(16)14-9-6-4-8(5-7-9)13-10(17-3)15(2)12/h8-9,14,16H,4-7,12H2,1-3H3. The predicted octanol–water partition coefficient (Wildman–Crippen LogP) is 0.522. The van der Waals surface area contributed by atoms with Crippen molar-refractivity contribution < 1.29 is 5.02 Å². The van der Waals surface area contributed by atoms with E-state index in [-0.39, 0.29) is 0 Å². The summed E-state index contributed by atoms with van der Waals surface area (Å²) in [5.74, 6) is 5.69. The van der Waals surface area contributed by atoms with Crippen LogP contribution in [0.2, 0.25) is 6.82 Å². The zero-order valence-electron chi connectivity index (χ0n) is 10.9. The predicted molar refractivity (Wildman–Crippen MR) is 75.9 cm³/mol. The van der Waals surface area contributed by atoms with E-state index in [1.54, 1.807) is 23.6 Å². The Morgan fingerprint density at radius 3 is 2.47 bits per heavy atom. The highest BCUT2D eigenvalue weighted by Crippen LogP contribution is 2.22. The quantitative estimate of drug-likeness (QED) is 0.226. The second-order valence-corrected chi connectivity index (χ2v) is 5.35. The molecule has 0 unspecified atom stereocenters. The van der Waals surface area contributed by atoms with Gasteiger partial charge in [0.05, 0.1) is 6.04 Å². The third-order valence-electron chi connectivity index (χ3n) is 2.95. The topological polar surface area (TPSA) is 73.9 Å². The number of hydrogen-bond acceptors (Lipinski definition) is 5. The van der Waals surface area contributed by atoms with Gasteiger partial charge in [-0.05, 0) is 44.8 Å². The molecular formula is C10H23BN4OS. The maximum Gasteiger partial charge on any atom is 0.373 e. The van der Waals surface area contributed by atoms with Crippen LogP contribution in [0.25, 0.3) is 0 Å². The Bertz CT molecular complexity index is 255. The third-order valence-corrected chi connectivity index (χ3v) is 3.71. The van der Waals surface area contributed by atoms with Crippen molar-refractivity contribution in [3.05, 3.63) is 0 Å². The first-order chi connectivity index (χ1) is 8.02. The lowest BCUT2D eigenvalue weighted by molar-refractivity contribution is 0.363. The first-order valence-electron chi connectivity index (χ1n) is 6.07. The summed E-state index contributed by atoms with van der Waals surface area (Å²) in [7, 11) is 1.40. The van der Waals surface area contributed by atoms with Crippen LogP contribution in [0, 0.1) is 0 Å². The van der Waals surface area contributed by atoms with Crippen LogP contribution in [0.3, 0.4) is 0 Å². The molecule has 0 amide bonds. The molecule has 7 heteroatoms. The van der Waals surface area contributed by atoms with Crippen LogP contribution in [0.1, 0.15) is 25.7 Å². The number of nitrogens with zero attached hydrogens (tertiary/aromatic N) is 2. The van der Waals surface area contributed by atoms with Gasteiger partial charge >= 0.3 is 7.05 Å². The van der Waals surface area contributed by atoms with Gasteiger partial charge in [-0.3, -0.25) is 10.0 Å². The molecule has 0 atom stereocenters. The number of hydrogen-bond donors (Lipinski definition) is 3. The van der Waals surface area contributed by atoms with E-state index in [1.807, 2.05) is 13.3 Å². The van der Waals surface area contributed by atoms with Crippen molar-refractivity contribution >= 4 is 24.0 Å². The van der Waals surface area contributed by atoms with Crippen LogP contribution in [-0.4, -0.2) is 47.6 Å². The van der Waals surface area contributed by atoms with Crippen molar-refractivity contribution in [2.45, 2.75) is 44.6 Å². The molecule has 0 saturated heterocycles. The molecule has 17 heavy (non-hydrogen) atoms. The van der Waals surface area contributed by atoms with Crippen LogP contribution < -0.4 is 11.1 Å². The average molecular weight is 258 g/mol. The summed E-state index contributed by atoms with van der Waals surface area (Å²) in [5.41, 5.74) is 0. The van der Waals surface area contributed by atoms with Gasteiger partial charge in [0.1, 0.15) is 0 Å². The van der Waals surface area contributed by atoms with E-state index >= 15 is 0 Å². The Morgan fingerprint density at radius 2 is 2.06 bits per heavy atom. The minimum absolute atomic E-state index is 0.371. The van der Waals surface area contributed by atoms with Crippen LogP contribution in [-0.2, 0) is 0 Å². The molecule has 0 bridgehead atoms. The Hall–Kier alpha value is -0.235. The maximum atomic E-state index is 9.26. The molecule has 5 nitrogen and oxygen atoms in total. The molecule has 0 aromatic rings. The molecule has 1 rings (SSSR count). The minimum Gasteiger partial charge on any atom is -0.437 e. The molecule has 1 aliphatic rings. The number of amidine groups is 1.